The number of carbonyl (C=O) groups is 1. The van der Waals surface area contributed by atoms with E-state index < -0.39 is 6.04 Å². The highest BCUT2D eigenvalue weighted by atomic mass is 16.5. The second kappa shape index (κ2) is 8.10. The molecule has 2 aromatic carbocycles. The van der Waals surface area contributed by atoms with Gasteiger partial charge in [-0.15, -0.1) is 0 Å². The Hall–Kier alpha value is -3.88. The van der Waals surface area contributed by atoms with Crippen LogP contribution >= 0.6 is 0 Å². The minimum Gasteiger partial charge on any atom is -0.497 e. The van der Waals surface area contributed by atoms with Gasteiger partial charge in [0, 0.05) is 16.9 Å². The lowest BCUT2D eigenvalue weighted by atomic mass is 9.94. The van der Waals surface area contributed by atoms with Crippen molar-refractivity contribution in [3.05, 3.63) is 64.4 Å². The van der Waals surface area contributed by atoms with Crippen molar-refractivity contribution in [1.82, 2.24) is 20.2 Å². The van der Waals surface area contributed by atoms with E-state index in [1.54, 1.807) is 31.0 Å². The van der Waals surface area contributed by atoms with Crippen molar-refractivity contribution in [3.63, 3.8) is 0 Å². The van der Waals surface area contributed by atoms with Gasteiger partial charge in [0.1, 0.15) is 17.5 Å². The van der Waals surface area contributed by atoms with E-state index in [1.807, 2.05) is 45.0 Å². The quantitative estimate of drug-likeness (QED) is 0.653. The maximum absolute atomic E-state index is 13.5. The molecule has 2 N–H and O–H groups in total. The molecule has 9 heteroatoms. The molecule has 1 aliphatic heterocycles. The van der Waals surface area contributed by atoms with Crippen LogP contribution in [0.25, 0.3) is 0 Å². The van der Waals surface area contributed by atoms with Gasteiger partial charge in [0.2, 0.25) is 5.95 Å². The molecular weight excluding hydrogens is 396 g/mol. The third-order valence-corrected chi connectivity index (χ3v) is 5.32. The lowest BCUT2D eigenvalue weighted by Crippen LogP contribution is -2.32. The average Bonchev–Trinajstić information content (AvgIpc) is 3.22. The zero-order valence-electron chi connectivity index (χ0n) is 18.1. The van der Waals surface area contributed by atoms with Crippen molar-refractivity contribution in [2.75, 3.05) is 24.9 Å². The van der Waals surface area contributed by atoms with Crippen molar-refractivity contribution in [2.45, 2.75) is 26.8 Å². The Morgan fingerprint density at radius 3 is 2.61 bits per heavy atom. The maximum atomic E-state index is 13.5. The van der Waals surface area contributed by atoms with Crippen LogP contribution in [0.15, 0.2) is 47.7 Å². The van der Waals surface area contributed by atoms with Gasteiger partial charge < -0.3 is 20.1 Å². The molecule has 0 bridgehead atoms. The first-order valence-corrected chi connectivity index (χ1v) is 9.79. The maximum Gasteiger partial charge on any atom is 0.255 e. The summed E-state index contributed by atoms with van der Waals surface area (Å²) in [6, 6.07) is 10.7. The number of nitrogens with zero attached hydrogens (tertiary/aromatic N) is 4. The first-order chi connectivity index (χ1) is 14.9. The van der Waals surface area contributed by atoms with Gasteiger partial charge in [-0.25, -0.2) is 0 Å². The number of tetrazole rings is 1. The van der Waals surface area contributed by atoms with E-state index in [1.165, 1.54) is 0 Å². The largest absolute Gasteiger partial charge is 0.497 e. The predicted octanol–water partition coefficient (Wildman–Crippen LogP) is 3.23. The number of anilines is 2. The van der Waals surface area contributed by atoms with Gasteiger partial charge in [-0.2, -0.15) is 4.68 Å². The number of allylic oxidation sites excluding steroid dienone is 1. The summed E-state index contributed by atoms with van der Waals surface area (Å²) in [5.41, 5.74) is 4.69. The summed E-state index contributed by atoms with van der Waals surface area (Å²) in [4.78, 5) is 13.5. The first-order valence-electron chi connectivity index (χ1n) is 9.79. The van der Waals surface area contributed by atoms with Crippen molar-refractivity contribution in [2.24, 2.45) is 0 Å². The van der Waals surface area contributed by atoms with Crippen LogP contribution in [0.3, 0.4) is 0 Å². The molecule has 0 fully saturated rings. The molecule has 0 spiro atoms. The summed E-state index contributed by atoms with van der Waals surface area (Å²) in [5.74, 6) is 1.41. The molecule has 1 aromatic heterocycles. The zero-order chi connectivity index (χ0) is 22.1. The smallest absolute Gasteiger partial charge is 0.255 e. The topological polar surface area (TPSA) is 103 Å². The number of methoxy groups -OCH3 is 2. The number of benzene rings is 2. The van der Waals surface area contributed by atoms with E-state index in [0.29, 0.717) is 34.3 Å². The van der Waals surface area contributed by atoms with E-state index in [2.05, 4.69) is 26.2 Å². The molecule has 31 heavy (non-hydrogen) atoms. The number of rotatable bonds is 5. The van der Waals surface area contributed by atoms with Crippen molar-refractivity contribution in [3.8, 4) is 11.5 Å². The van der Waals surface area contributed by atoms with E-state index in [-0.39, 0.29) is 5.91 Å². The van der Waals surface area contributed by atoms with Crippen molar-refractivity contribution in [1.29, 1.82) is 0 Å². The standard InChI is InChI=1S/C22H24N6O3/c1-12-6-8-17(13(2)10-12)24-21(29)19-14(3)23-22-25-26-27-28(22)20(19)16-11-15(30-4)7-9-18(16)31-5/h6-11,20H,1-5H3,(H,24,29)(H,23,25,27)/t20-/m1/s1. The molecule has 9 nitrogen and oxygen atoms in total. The van der Waals surface area contributed by atoms with Gasteiger partial charge in [-0.1, -0.05) is 22.8 Å². The summed E-state index contributed by atoms with van der Waals surface area (Å²) in [7, 11) is 3.17. The van der Waals surface area contributed by atoms with Gasteiger partial charge in [-0.05, 0) is 61.0 Å². The molecule has 4 rings (SSSR count). The molecule has 1 aliphatic rings. The summed E-state index contributed by atoms with van der Waals surface area (Å²) in [6.45, 7) is 5.81. The lowest BCUT2D eigenvalue weighted by Gasteiger charge is -2.29. The summed E-state index contributed by atoms with van der Waals surface area (Å²) in [5, 5.41) is 18.1. The minimum atomic E-state index is -0.609. The fraction of sp³-hybridized carbons (Fsp3) is 0.273. The molecule has 1 amide bonds. The fourth-order valence-corrected chi connectivity index (χ4v) is 3.79. The molecule has 0 saturated heterocycles. The Kier molecular flexibility index (Phi) is 5.33. The summed E-state index contributed by atoms with van der Waals surface area (Å²) >= 11 is 0. The fourth-order valence-electron chi connectivity index (χ4n) is 3.79. The third-order valence-electron chi connectivity index (χ3n) is 5.32. The highest BCUT2D eigenvalue weighted by Gasteiger charge is 2.36. The van der Waals surface area contributed by atoms with Gasteiger partial charge >= 0.3 is 0 Å². The van der Waals surface area contributed by atoms with Crippen LogP contribution in [-0.4, -0.2) is 40.3 Å². The van der Waals surface area contributed by atoms with Crippen LogP contribution in [-0.2, 0) is 4.79 Å². The van der Waals surface area contributed by atoms with Crippen LogP contribution < -0.4 is 20.1 Å². The van der Waals surface area contributed by atoms with Crippen molar-refractivity contribution < 1.29 is 14.3 Å². The Balaban J connectivity index is 1.83. The van der Waals surface area contributed by atoms with E-state index in [4.69, 9.17) is 9.47 Å². The highest BCUT2D eigenvalue weighted by molar-refractivity contribution is 6.06. The molecule has 1 atom stereocenters. The van der Waals surface area contributed by atoms with Crippen molar-refractivity contribution >= 4 is 17.5 Å². The Labute approximate surface area is 180 Å². The zero-order valence-corrected chi connectivity index (χ0v) is 18.1. The number of ether oxygens (including phenoxy) is 2. The van der Waals surface area contributed by atoms with Gasteiger partial charge in [-0.3, -0.25) is 4.79 Å². The van der Waals surface area contributed by atoms with Gasteiger partial charge in [0.25, 0.3) is 5.91 Å². The first kappa shape index (κ1) is 20.4. The molecule has 160 valence electrons. The molecule has 3 aromatic rings. The SMILES string of the molecule is COc1ccc(OC)c([C@@H]2C(C(=O)Nc3ccc(C)cc3C)=C(C)Nc3nnnn32)c1. The Bertz CT molecular complexity index is 1180. The molecule has 2 heterocycles. The summed E-state index contributed by atoms with van der Waals surface area (Å²) < 4.78 is 12.6. The Morgan fingerprint density at radius 1 is 1.10 bits per heavy atom. The summed E-state index contributed by atoms with van der Waals surface area (Å²) in [6.07, 6.45) is 0. The molecule has 0 aliphatic carbocycles. The number of fused-ring (bicyclic) bond motifs is 1. The molecule has 0 saturated carbocycles. The van der Waals surface area contributed by atoms with Crippen LogP contribution in [0.1, 0.15) is 29.7 Å². The second-order valence-corrected chi connectivity index (χ2v) is 7.39. The lowest BCUT2D eigenvalue weighted by molar-refractivity contribution is -0.113. The average molecular weight is 420 g/mol. The number of aromatic nitrogens is 4. The molecular formula is C22H24N6O3. The number of hydrogen-bond donors (Lipinski definition) is 2. The van der Waals surface area contributed by atoms with E-state index in [9.17, 15) is 4.79 Å². The normalized spacial score (nSPS) is 15.2. The number of hydrogen-bond acceptors (Lipinski definition) is 7. The molecule has 0 radical (unpaired) electrons. The number of amides is 1. The van der Waals surface area contributed by atoms with Crippen LogP contribution in [0.4, 0.5) is 11.6 Å². The van der Waals surface area contributed by atoms with Crippen LogP contribution in [0, 0.1) is 13.8 Å². The second-order valence-electron chi connectivity index (χ2n) is 7.39. The number of nitrogens with one attached hydrogen (secondary N) is 2. The minimum absolute atomic E-state index is 0.257. The Morgan fingerprint density at radius 2 is 1.90 bits per heavy atom. The molecule has 0 unspecified atom stereocenters. The number of carbonyl (C=O) groups excluding carboxylic acids is 1. The van der Waals surface area contributed by atoms with Crippen LogP contribution in [0.2, 0.25) is 0 Å². The van der Waals surface area contributed by atoms with E-state index >= 15 is 0 Å². The predicted molar refractivity (Wildman–Crippen MR) is 116 cm³/mol. The third kappa shape index (κ3) is 3.70. The highest BCUT2D eigenvalue weighted by Crippen LogP contribution is 2.40. The van der Waals surface area contributed by atoms with Gasteiger partial charge in [0.05, 0.1) is 19.8 Å². The van der Waals surface area contributed by atoms with E-state index in [0.717, 1.165) is 16.8 Å². The van der Waals surface area contributed by atoms with Crippen LogP contribution in [0.5, 0.6) is 11.5 Å². The number of aryl methyl sites for hydroxylation is 2. The monoisotopic (exact) mass is 420 g/mol. The van der Waals surface area contributed by atoms with Gasteiger partial charge in [0.15, 0.2) is 0 Å².